The third kappa shape index (κ3) is 4.94. The van der Waals surface area contributed by atoms with Crippen LogP contribution in [-0.4, -0.2) is 80.8 Å². The summed E-state index contributed by atoms with van der Waals surface area (Å²) in [6, 6.07) is 7.23. The summed E-state index contributed by atoms with van der Waals surface area (Å²) < 4.78 is 33.2. The van der Waals surface area contributed by atoms with Gasteiger partial charge in [0, 0.05) is 39.3 Å². The number of methoxy groups -OCH3 is 1. The minimum Gasteiger partial charge on any atom is -0.495 e. The van der Waals surface area contributed by atoms with E-state index in [0.29, 0.717) is 50.7 Å². The van der Waals surface area contributed by atoms with Crippen LogP contribution in [0.4, 0.5) is 5.69 Å². The van der Waals surface area contributed by atoms with Crippen molar-refractivity contribution in [3.05, 3.63) is 24.3 Å². The molecule has 1 heterocycles. The highest BCUT2D eigenvalue weighted by Gasteiger charge is 2.31. The lowest BCUT2D eigenvalue weighted by Crippen LogP contribution is -2.54. The lowest BCUT2D eigenvalue weighted by Gasteiger charge is -2.35. The Morgan fingerprint density at radius 3 is 2.35 bits per heavy atom. The summed E-state index contributed by atoms with van der Waals surface area (Å²) >= 11 is 0. The molecule has 0 aromatic heterocycles. The van der Waals surface area contributed by atoms with Crippen LogP contribution in [0.15, 0.2) is 24.3 Å². The number of ether oxygens (including phenoxy) is 1. The fourth-order valence-corrected chi connectivity index (χ4v) is 4.58. The quantitative estimate of drug-likeness (QED) is 0.718. The molecule has 26 heavy (non-hydrogen) atoms. The van der Waals surface area contributed by atoms with Crippen molar-refractivity contribution < 1.29 is 17.9 Å². The van der Waals surface area contributed by atoms with Gasteiger partial charge in [0.15, 0.2) is 0 Å². The first kappa shape index (κ1) is 20.6. The van der Waals surface area contributed by atoms with Gasteiger partial charge in [0.2, 0.25) is 5.91 Å². The molecule has 0 spiro atoms. The van der Waals surface area contributed by atoms with E-state index in [2.05, 4.69) is 5.32 Å². The average molecular weight is 385 g/mol. The zero-order valence-corrected chi connectivity index (χ0v) is 16.5. The molecule has 1 aliphatic rings. The van der Waals surface area contributed by atoms with Gasteiger partial charge in [-0.3, -0.25) is 9.69 Å². The molecule has 1 aliphatic heterocycles. The zero-order valence-electron chi connectivity index (χ0n) is 15.6. The molecule has 0 bridgehead atoms. The third-order valence-electron chi connectivity index (χ3n) is 4.44. The molecule has 0 aliphatic carbocycles. The van der Waals surface area contributed by atoms with E-state index < -0.39 is 10.2 Å². The number of rotatable bonds is 8. The molecule has 1 amide bonds. The summed E-state index contributed by atoms with van der Waals surface area (Å²) in [6.07, 6.45) is 0. The molecule has 1 aromatic carbocycles. The Morgan fingerprint density at radius 1 is 1.15 bits per heavy atom. The Morgan fingerprint density at radius 2 is 1.77 bits per heavy atom. The highest BCUT2D eigenvalue weighted by molar-refractivity contribution is 7.86. The molecule has 1 aromatic rings. The summed E-state index contributed by atoms with van der Waals surface area (Å²) in [7, 11) is -1.85. The smallest absolute Gasteiger partial charge is 0.282 e. The topological polar surface area (TPSA) is 82.2 Å². The van der Waals surface area contributed by atoms with Gasteiger partial charge in [0.05, 0.1) is 19.3 Å². The molecule has 2 rings (SSSR count). The van der Waals surface area contributed by atoms with Gasteiger partial charge in [-0.15, -0.1) is 0 Å². The number of nitrogens with zero attached hydrogens (tertiary/aromatic N) is 3. The first-order chi connectivity index (χ1) is 12.4. The van der Waals surface area contributed by atoms with E-state index in [4.69, 9.17) is 4.74 Å². The monoisotopic (exact) mass is 384 g/mol. The van der Waals surface area contributed by atoms with Gasteiger partial charge in [-0.2, -0.15) is 17.0 Å². The van der Waals surface area contributed by atoms with Crippen LogP contribution in [0.5, 0.6) is 5.75 Å². The minimum absolute atomic E-state index is 0.144. The molecule has 0 unspecified atom stereocenters. The Hall–Kier alpha value is -1.68. The van der Waals surface area contributed by atoms with Crippen LogP contribution in [0.2, 0.25) is 0 Å². The molecular weight excluding hydrogens is 356 g/mol. The largest absolute Gasteiger partial charge is 0.495 e. The Balaban J connectivity index is 1.87. The molecular formula is C17H28N4O4S. The Kier molecular flexibility index (Phi) is 7.39. The van der Waals surface area contributed by atoms with Gasteiger partial charge in [-0.05, 0) is 12.1 Å². The average Bonchev–Trinajstić information content (AvgIpc) is 2.63. The number of anilines is 1. The van der Waals surface area contributed by atoms with Gasteiger partial charge in [0.25, 0.3) is 10.2 Å². The lowest BCUT2D eigenvalue weighted by atomic mass is 10.3. The van der Waals surface area contributed by atoms with E-state index in [1.807, 2.05) is 30.9 Å². The molecule has 0 radical (unpaired) electrons. The van der Waals surface area contributed by atoms with Crippen molar-refractivity contribution in [2.45, 2.75) is 13.8 Å². The number of hydrogen-bond donors (Lipinski definition) is 1. The minimum atomic E-state index is -3.41. The van der Waals surface area contributed by atoms with Crippen molar-refractivity contribution in [3.63, 3.8) is 0 Å². The first-order valence-electron chi connectivity index (χ1n) is 8.82. The fourth-order valence-electron chi connectivity index (χ4n) is 2.97. The molecule has 1 fully saturated rings. The number of amides is 1. The second-order valence-electron chi connectivity index (χ2n) is 6.02. The van der Waals surface area contributed by atoms with E-state index in [9.17, 15) is 13.2 Å². The fraction of sp³-hybridized carbons (Fsp3) is 0.588. The maximum atomic E-state index is 12.5. The zero-order chi connectivity index (χ0) is 19.2. The normalized spacial score (nSPS) is 16.6. The molecule has 8 nitrogen and oxygen atoms in total. The van der Waals surface area contributed by atoms with Gasteiger partial charge in [-0.1, -0.05) is 26.0 Å². The van der Waals surface area contributed by atoms with Crippen LogP contribution in [-0.2, 0) is 15.0 Å². The van der Waals surface area contributed by atoms with Crippen molar-refractivity contribution >= 4 is 21.8 Å². The van der Waals surface area contributed by atoms with E-state index >= 15 is 0 Å². The van der Waals surface area contributed by atoms with Gasteiger partial charge < -0.3 is 10.1 Å². The van der Waals surface area contributed by atoms with Crippen molar-refractivity contribution in [1.82, 2.24) is 13.5 Å². The molecule has 9 heteroatoms. The van der Waals surface area contributed by atoms with Gasteiger partial charge in [0.1, 0.15) is 5.75 Å². The summed E-state index contributed by atoms with van der Waals surface area (Å²) in [5.74, 6) is 0.463. The van der Waals surface area contributed by atoms with Crippen molar-refractivity contribution in [1.29, 1.82) is 0 Å². The van der Waals surface area contributed by atoms with E-state index in [-0.39, 0.29) is 12.5 Å². The molecule has 0 saturated carbocycles. The molecule has 1 N–H and O–H groups in total. The third-order valence-corrected chi connectivity index (χ3v) is 6.62. The molecule has 146 valence electrons. The predicted molar refractivity (Wildman–Crippen MR) is 101 cm³/mol. The molecule has 1 saturated heterocycles. The summed E-state index contributed by atoms with van der Waals surface area (Å²) in [4.78, 5) is 14.2. The summed E-state index contributed by atoms with van der Waals surface area (Å²) in [6.45, 7) is 6.64. The second kappa shape index (κ2) is 9.31. The van der Waals surface area contributed by atoms with Crippen molar-refractivity contribution in [2.75, 3.05) is 58.2 Å². The number of piperazine rings is 1. The van der Waals surface area contributed by atoms with Crippen molar-refractivity contribution in [2.24, 2.45) is 0 Å². The summed E-state index contributed by atoms with van der Waals surface area (Å²) in [5.41, 5.74) is 0.628. The number of benzene rings is 1. The maximum Gasteiger partial charge on any atom is 0.282 e. The number of para-hydroxylation sites is 2. The van der Waals surface area contributed by atoms with Crippen molar-refractivity contribution in [3.8, 4) is 5.75 Å². The number of carbonyl (C=O) groups excluding carboxylic acids is 1. The van der Waals surface area contributed by atoms with Crippen LogP contribution < -0.4 is 10.1 Å². The highest BCUT2D eigenvalue weighted by atomic mass is 32.2. The standard InChI is InChI=1S/C17H28N4O4S/c1-4-20(5-2)26(23,24)21-12-10-19(11-13-21)14-17(22)18-15-8-6-7-9-16(15)25-3/h6-9H,4-5,10-14H2,1-3H3,(H,18,22). The van der Waals surface area contributed by atoms with Crippen LogP contribution in [0, 0.1) is 0 Å². The Bertz CT molecular complexity index is 698. The summed E-state index contributed by atoms with van der Waals surface area (Å²) in [5, 5.41) is 2.84. The van der Waals surface area contributed by atoms with E-state index in [1.54, 1.807) is 19.2 Å². The van der Waals surface area contributed by atoms with Crippen LogP contribution in [0.3, 0.4) is 0 Å². The first-order valence-corrected chi connectivity index (χ1v) is 10.2. The Labute approximate surface area is 155 Å². The van der Waals surface area contributed by atoms with Crippen LogP contribution in [0.25, 0.3) is 0 Å². The highest BCUT2D eigenvalue weighted by Crippen LogP contribution is 2.23. The van der Waals surface area contributed by atoms with Gasteiger partial charge in [-0.25, -0.2) is 0 Å². The second-order valence-corrected chi connectivity index (χ2v) is 7.94. The van der Waals surface area contributed by atoms with Gasteiger partial charge >= 0.3 is 0 Å². The SMILES string of the molecule is CCN(CC)S(=O)(=O)N1CCN(CC(=O)Nc2ccccc2OC)CC1. The molecule has 0 atom stereocenters. The number of carbonyl (C=O) groups is 1. The number of nitrogens with one attached hydrogen (secondary N) is 1. The van der Waals surface area contributed by atoms with E-state index in [1.165, 1.54) is 8.61 Å². The lowest BCUT2D eigenvalue weighted by molar-refractivity contribution is -0.117. The van der Waals surface area contributed by atoms with Crippen LogP contribution >= 0.6 is 0 Å². The maximum absolute atomic E-state index is 12.5. The van der Waals surface area contributed by atoms with E-state index in [0.717, 1.165) is 0 Å². The number of hydrogen-bond acceptors (Lipinski definition) is 5. The van der Waals surface area contributed by atoms with Crippen LogP contribution in [0.1, 0.15) is 13.8 Å². The predicted octanol–water partition coefficient (Wildman–Crippen LogP) is 0.838.